The zero-order chi connectivity index (χ0) is 13.8. The number of carbonyl (C=O) groups excluding carboxylic acids is 1. The van der Waals surface area contributed by atoms with Crippen LogP contribution in [-0.4, -0.2) is 40.0 Å². The lowest BCUT2D eigenvalue weighted by atomic mass is 10.2. The van der Waals surface area contributed by atoms with Crippen molar-refractivity contribution >= 4 is 21.4 Å². The van der Waals surface area contributed by atoms with Gasteiger partial charge in [0.15, 0.2) is 0 Å². The molecule has 0 saturated heterocycles. The van der Waals surface area contributed by atoms with Crippen LogP contribution in [0.15, 0.2) is 18.2 Å². The second kappa shape index (κ2) is 5.72. The predicted molar refractivity (Wildman–Crippen MR) is 69.5 cm³/mol. The fourth-order valence-corrected chi connectivity index (χ4v) is 1.80. The van der Waals surface area contributed by atoms with Crippen molar-refractivity contribution in [2.24, 2.45) is 0 Å². The Bertz CT molecular complexity index is 540. The van der Waals surface area contributed by atoms with Crippen LogP contribution < -0.4 is 15.8 Å². The molecule has 0 unspecified atom stereocenters. The topological polar surface area (TPSA) is 98.5 Å². The number of anilines is 1. The lowest BCUT2D eigenvalue weighted by molar-refractivity contribution is 0.0956. The van der Waals surface area contributed by atoms with Crippen LogP contribution in [0, 0.1) is 0 Å². The maximum atomic E-state index is 11.7. The Morgan fingerprint density at radius 3 is 2.61 bits per heavy atom. The van der Waals surface area contributed by atoms with Crippen LogP contribution in [-0.2, 0) is 9.84 Å². The predicted octanol–water partition coefficient (Wildman–Crippen LogP) is 0.0518. The molecule has 0 spiro atoms. The molecule has 1 rings (SSSR count). The molecule has 0 aliphatic carbocycles. The van der Waals surface area contributed by atoms with Crippen molar-refractivity contribution in [3.05, 3.63) is 23.8 Å². The van der Waals surface area contributed by atoms with Crippen LogP contribution in [0.4, 0.5) is 5.69 Å². The fraction of sp³-hybridized carbons (Fsp3) is 0.364. The van der Waals surface area contributed by atoms with Crippen molar-refractivity contribution in [1.29, 1.82) is 0 Å². The highest BCUT2D eigenvalue weighted by Crippen LogP contribution is 2.21. The second-order valence-corrected chi connectivity index (χ2v) is 6.10. The number of carbonyl (C=O) groups is 1. The van der Waals surface area contributed by atoms with Gasteiger partial charge in [-0.3, -0.25) is 4.79 Å². The van der Waals surface area contributed by atoms with E-state index < -0.39 is 9.84 Å². The van der Waals surface area contributed by atoms with Gasteiger partial charge in [-0.15, -0.1) is 0 Å². The lowest BCUT2D eigenvalue weighted by Gasteiger charge is -2.07. The summed E-state index contributed by atoms with van der Waals surface area (Å²) in [6.45, 7) is 0.0730. The molecule has 7 heteroatoms. The average molecular weight is 272 g/mol. The maximum absolute atomic E-state index is 11.7. The van der Waals surface area contributed by atoms with Gasteiger partial charge in [0.25, 0.3) is 5.91 Å². The first-order valence-electron chi connectivity index (χ1n) is 5.23. The summed E-state index contributed by atoms with van der Waals surface area (Å²) in [7, 11) is -1.60. The number of methoxy groups -OCH3 is 1. The summed E-state index contributed by atoms with van der Waals surface area (Å²) < 4.78 is 26.8. The van der Waals surface area contributed by atoms with Crippen molar-refractivity contribution in [2.45, 2.75) is 0 Å². The van der Waals surface area contributed by atoms with Gasteiger partial charge in [0.2, 0.25) is 0 Å². The molecule has 100 valence electrons. The minimum atomic E-state index is -3.08. The number of ether oxygens (including phenoxy) is 1. The van der Waals surface area contributed by atoms with Crippen molar-refractivity contribution < 1.29 is 17.9 Å². The van der Waals surface area contributed by atoms with E-state index in [0.717, 1.165) is 6.26 Å². The fourth-order valence-electron chi connectivity index (χ4n) is 1.33. The van der Waals surface area contributed by atoms with Crippen molar-refractivity contribution in [2.75, 3.05) is 31.4 Å². The average Bonchev–Trinajstić information content (AvgIpc) is 2.27. The van der Waals surface area contributed by atoms with E-state index in [-0.39, 0.29) is 18.2 Å². The molecular formula is C11H16N2O4S. The summed E-state index contributed by atoms with van der Waals surface area (Å²) in [4.78, 5) is 11.7. The van der Waals surface area contributed by atoms with Gasteiger partial charge in [0.1, 0.15) is 15.6 Å². The molecule has 0 radical (unpaired) electrons. The van der Waals surface area contributed by atoms with Crippen LogP contribution in [0.3, 0.4) is 0 Å². The molecule has 1 aromatic rings. The number of sulfone groups is 1. The molecule has 0 heterocycles. The molecular weight excluding hydrogens is 256 g/mol. The van der Waals surface area contributed by atoms with Gasteiger partial charge in [-0.25, -0.2) is 8.42 Å². The van der Waals surface area contributed by atoms with Gasteiger partial charge in [-0.1, -0.05) is 0 Å². The van der Waals surface area contributed by atoms with E-state index in [4.69, 9.17) is 10.5 Å². The van der Waals surface area contributed by atoms with E-state index in [1.165, 1.54) is 13.2 Å². The van der Waals surface area contributed by atoms with E-state index in [1.807, 2.05) is 0 Å². The third-order valence-corrected chi connectivity index (χ3v) is 3.20. The summed E-state index contributed by atoms with van der Waals surface area (Å²) in [5.41, 5.74) is 6.38. The molecule has 0 aliphatic heterocycles. The minimum absolute atomic E-state index is 0.0730. The monoisotopic (exact) mass is 272 g/mol. The Morgan fingerprint density at radius 2 is 2.11 bits per heavy atom. The number of nitrogens with one attached hydrogen (secondary N) is 1. The van der Waals surface area contributed by atoms with Crippen molar-refractivity contribution in [1.82, 2.24) is 5.32 Å². The molecule has 3 N–H and O–H groups in total. The first-order chi connectivity index (χ1) is 8.33. The Kier molecular flexibility index (Phi) is 4.55. The van der Waals surface area contributed by atoms with Gasteiger partial charge in [0.05, 0.1) is 18.6 Å². The molecule has 1 amide bonds. The van der Waals surface area contributed by atoms with Crippen LogP contribution >= 0.6 is 0 Å². The molecule has 1 aromatic carbocycles. The highest BCUT2D eigenvalue weighted by molar-refractivity contribution is 7.90. The molecule has 0 aliphatic rings. The molecule has 0 fully saturated rings. The number of nitrogen functional groups attached to an aromatic ring is 1. The van der Waals surface area contributed by atoms with Gasteiger partial charge in [-0.2, -0.15) is 0 Å². The van der Waals surface area contributed by atoms with E-state index in [9.17, 15) is 13.2 Å². The van der Waals surface area contributed by atoms with Gasteiger partial charge < -0.3 is 15.8 Å². The number of rotatable bonds is 5. The van der Waals surface area contributed by atoms with Crippen molar-refractivity contribution in [3.63, 3.8) is 0 Å². The quantitative estimate of drug-likeness (QED) is 0.738. The maximum Gasteiger partial charge on any atom is 0.251 e. The summed E-state index contributed by atoms with van der Waals surface area (Å²) in [5.74, 6) is 0.0281. The first kappa shape index (κ1) is 14.3. The van der Waals surface area contributed by atoms with Gasteiger partial charge >= 0.3 is 0 Å². The molecule has 0 saturated carbocycles. The number of hydrogen-bond acceptors (Lipinski definition) is 5. The zero-order valence-corrected chi connectivity index (χ0v) is 11.1. The van der Waals surface area contributed by atoms with Crippen molar-refractivity contribution in [3.8, 4) is 5.75 Å². The normalized spacial score (nSPS) is 11.0. The third kappa shape index (κ3) is 4.25. The van der Waals surface area contributed by atoms with Crippen LogP contribution in [0.25, 0.3) is 0 Å². The third-order valence-electron chi connectivity index (χ3n) is 2.25. The van der Waals surface area contributed by atoms with Crippen LogP contribution in [0.2, 0.25) is 0 Å². The summed E-state index contributed by atoms with van der Waals surface area (Å²) in [6, 6.07) is 4.63. The van der Waals surface area contributed by atoms with E-state index in [2.05, 4.69) is 5.32 Å². The van der Waals surface area contributed by atoms with E-state index in [1.54, 1.807) is 12.1 Å². The summed E-state index contributed by atoms with van der Waals surface area (Å²) in [6.07, 6.45) is 1.12. The molecule has 0 atom stereocenters. The number of benzene rings is 1. The van der Waals surface area contributed by atoms with E-state index >= 15 is 0 Å². The molecule has 6 nitrogen and oxygen atoms in total. The Hall–Kier alpha value is -1.76. The second-order valence-electron chi connectivity index (χ2n) is 3.84. The van der Waals surface area contributed by atoms with Crippen LogP contribution in [0.1, 0.15) is 10.4 Å². The highest BCUT2D eigenvalue weighted by Gasteiger charge is 2.09. The van der Waals surface area contributed by atoms with Crippen LogP contribution in [0.5, 0.6) is 5.75 Å². The highest BCUT2D eigenvalue weighted by atomic mass is 32.2. The Morgan fingerprint density at radius 1 is 1.44 bits per heavy atom. The molecule has 18 heavy (non-hydrogen) atoms. The number of nitrogens with two attached hydrogens (primary N) is 1. The summed E-state index contributed by atoms with van der Waals surface area (Å²) in [5, 5.41) is 2.51. The molecule has 0 bridgehead atoms. The largest absolute Gasteiger partial charge is 0.495 e. The molecule has 0 aromatic heterocycles. The lowest BCUT2D eigenvalue weighted by Crippen LogP contribution is -2.28. The SMILES string of the molecule is COc1ccc(C(=O)NCCS(C)(=O)=O)cc1N. The first-order valence-corrected chi connectivity index (χ1v) is 7.29. The minimum Gasteiger partial charge on any atom is -0.495 e. The van der Waals surface area contributed by atoms with Gasteiger partial charge in [0, 0.05) is 18.4 Å². The summed E-state index contributed by atoms with van der Waals surface area (Å²) >= 11 is 0. The number of amides is 1. The number of hydrogen-bond donors (Lipinski definition) is 2. The zero-order valence-electron chi connectivity index (χ0n) is 10.3. The standard InChI is InChI=1S/C11H16N2O4S/c1-17-10-4-3-8(7-9(10)12)11(14)13-5-6-18(2,15)16/h3-4,7H,5-6,12H2,1-2H3,(H,13,14). The van der Waals surface area contributed by atoms with Gasteiger partial charge in [-0.05, 0) is 18.2 Å². The Balaban J connectivity index is 2.65. The smallest absolute Gasteiger partial charge is 0.251 e. The van der Waals surface area contributed by atoms with E-state index in [0.29, 0.717) is 17.0 Å². The Labute approximate surface area is 106 Å².